The van der Waals surface area contributed by atoms with Gasteiger partial charge in [0.1, 0.15) is 11.4 Å². The van der Waals surface area contributed by atoms with E-state index in [1.165, 1.54) is 5.57 Å². The monoisotopic (exact) mass is 360 g/mol. The van der Waals surface area contributed by atoms with Crippen molar-refractivity contribution in [1.82, 2.24) is 4.65 Å². The molecule has 1 N–H and O–H groups in total. The second-order valence-electron chi connectivity index (χ2n) is 7.22. The van der Waals surface area contributed by atoms with E-state index in [-0.39, 0.29) is 5.91 Å². The van der Waals surface area contributed by atoms with Crippen LogP contribution in [-0.4, -0.2) is 12.5 Å². The molecule has 4 heteroatoms. The van der Waals surface area contributed by atoms with Crippen LogP contribution in [0.25, 0.3) is 0 Å². The molecule has 1 atom stereocenters. The molecule has 1 heterocycles. The smallest absolute Gasteiger partial charge is 0.255 e. The number of nitrogens with zero attached hydrogens (tertiary/aromatic N) is 1. The third kappa shape index (κ3) is 3.59. The van der Waals surface area contributed by atoms with Crippen molar-refractivity contribution in [3.63, 3.8) is 0 Å². The highest BCUT2D eigenvalue weighted by molar-refractivity contribution is 6.04. The number of hydrogen-bond acceptors (Lipinski definition) is 2. The van der Waals surface area contributed by atoms with Gasteiger partial charge in [0.2, 0.25) is 0 Å². The van der Waals surface area contributed by atoms with Crippen LogP contribution in [0.1, 0.15) is 42.5 Å². The SMILES string of the molecule is O=C(Nc1ccc([N+]2([O-])CCCCC3=C2C=CCC3)cc1)c1ccccc1. The van der Waals surface area contributed by atoms with Crippen LogP contribution in [0.3, 0.4) is 0 Å². The first-order valence-corrected chi connectivity index (χ1v) is 9.62. The van der Waals surface area contributed by atoms with Gasteiger partial charge >= 0.3 is 0 Å². The molecule has 2 aromatic carbocycles. The third-order valence-electron chi connectivity index (χ3n) is 5.42. The second-order valence-corrected chi connectivity index (χ2v) is 7.22. The van der Waals surface area contributed by atoms with Gasteiger partial charge in [0, 0.05) is 23.4 Å². The Morgan fingerprint density at radius 2 is 1.74 bits per heavy atom. The molecule has 2 aliphatic rings. The van der Waals surface area contributed by atoms with E-state index in [1.807, 2.05) is 48.5 Å². The summed E-state index contributed by atoms with van der Waals surface area (Å²) in [5, 5.41) is 16.7. The summed E-state index contributed by atoms with van der Waals surface area (Å²) >= 11 is 0. The fourth-order valence-corrected chi connectivity index (χ4v) is 3.97. The first-order valence-electron chi connectivity index (χ1n) is 9.62. The van der Waals surface area contributed by atoms with E-state index in [0.29, 0.717) is 17.8 Å². The quantitative estimate of drug-likeness (QED) is 0.578. The van der Waals surface area contributed by atoms with Crippen LogP contribution in [0.4, 0.5) is 11.4 Å². The lowest BCUT2D eigenvalue weighted by molar-refractivity contribution is 0.102. The topological polar surface area (TPSA) is 52.2 Å². The molecule has 27 heavy (non-hydrogen) atoms. The van der Waals surface area contributed by atoms with Gasteiger partial charge in [-0.15, -0.1) is 0 Å². The highest BCUT2D eigenvalue weighted by atomic mass is 16.5. The van der Waals surface area contributed by atoms with Crippen LogP contribution in [0, 0.1) is 5.21 Å². The molecule has 4 rings (SSSR count). The van der Waals surface area contributed by atoms with E-state index in [9.17, 15) is 10.0 Å². The molecule has 1 aliphatic carbocycles. The molecule has 0 bridgehead atoms. The highest BCUT2D eigenvalue weighted by Crippen LogP contribution is 2.38. The van der Waals surface area contributed by atoms with Crippen LogP contribution >= 0.6 is 0 Å². The van der Waals surface area contributed by atoms with Gasteiger partial charge in [0.25, 0.3) is 5.91 Å². The third-order valence-corrected chi connectivity index (χ3v) is 5.42. The van der Waals surface area contributed by atoms with Gasteiger partial charge < -0.3 is 10.5 Å². The maximum absolute atomic E-state index is 13.8. The van der Waals surface area contributed by atoms with Gasteiger partial charge in [-0.2, -0.15) is 0 Å². The Labute approximate surface area is 160 Å². The van der Waals surface area contributed by atoms with Crippen LogP contribution in [0.2, 0.25) is 0 Å². The molecule has 0 saturated heterocycles. The average molecular weight is 360 g/mol. The van der Waals surface area contributed by atoms with Crippen LogP contribution in [0.15, 0.2) is 78.0 Å². The summed E-state index contributed by atoms with van der Waals surface area (Å²) in [7, 11) is 0. The average Bonchev–Trinajstić information content (AvgIpc) is 2.89. The van der Waals surface area contributed by atoms with Crippen LogP contribution in [0.5, 0.6) is 0 Å². The lowest BCUT2D eigenvalue weighted by atomic mass is 9.98. The van der Waals surface area contributed by atoms with Crippen molar-refractivity contribution in [1.29, 1.82) is 0 Å². The molecule has 4 nitrogen and oxygen atoms in total. The second kappa shape index (κ2) is 7.51. The number of benzene rings is 2. The molecule has 0 radical (unpaired) electrons. The van der Waals surface area contributed by atoms with Gasteiger partial charge in [-0.3, -0.25) is 9.44 Å². The Hall–Kier alpha value is -2.69. The van der Waals surface area contributed by atoms with Crippen molar-refractivity contribution >= 4 is 17.3 Å². The summed E-state index contributed by atoms with van der Waals surface area (Å²) < 4.78 is -0.390. The first-order chi connectivity index (χ1) is 13.2. The van der Waals surface area contributed by atoms with Gasteiger partial charge in [0.05, 0.1) is 6.54 Å². The molecule has 0 fully saturated rings. The summed E-state index contributed by atoms with van der Waals surface area (Å²) in [5.41, 5.74) is 4.27. The summed E-state index contributed by atoms with van der Waals surface area (Å²) in [4.78, 5) is 12.3. The number of allylic oxidation sites excluding steroid dienone is 3. The lowest BCUT2D eigenvalue weighted by Gasteiger charge is -2.43. The summed E-state index contributed by atoms with van der Waals surface area (Å²) in [6, 6.07) is 16.5. The Kier molecular flexibility index (Phi) is 4.92. The molecule has 0 spiro atoms. The minimum Gasteiger partial charge on any atom is -0.622 e. The van der Waals surface area contributed by atoms with Crippen molar-refractivity contribution in [2.45, 2.75) is 32.1 Å². The van der Waals surface area contributed by atoms with Gasteiger partial charge in [-0.1, -0.05) is 24.3 Å². The zero-order valence-electron chi connectivity index (χ0n) is 15.4. The Morgan fingerprint density at radius 1 is 0.963 bits per heavy atom. The van der Waals surface area contributed by atoms with Gasteiger partial charge in [-0.05, 0) is 68.0 Å². The lowest BCUT2D eigenvalue weighted by Crippen LogP contribution is -2.42. The van der Waals surface area contributed by atoms with E-state index < -0.39 is 4.65 Å². The zero-order chi connectivity index (χ0) is 18.7. The van der Waals surface area contributed by atoms with Gasteiger partial charge in [0.15, 0.2) is 0 Å². The molecule has 2 aromatic rings. The molecular formula is C23H24N2O2. The number of carbonyl (C=O) groups excluding carboxylic acids is 1. The maximum Gasteiger partial charge on any atom is 0.255 e. The summed E-state index contributed by atoms with van der Waals surface area (Å²) in [5.74, 6) is -0.149. The van der Waals surface area contributed by atoms with Crippen molar-refractivity contribution in [3.8, 4) is 0 Å². The molecule has 1 aliphatic heterocycles. The number of carbonyl (C=O) groups is 1. The van der Waals surface area contributed by atoms with Crippen molar-refractivity contribution < 1.29 is 4.79 Å². The fraction of sp³-hybridized carbons (Fsp3) is 0.261. The van der Waals surface area contributed by atoms with E-state index >= 15 is 0 Å². The van der Waals surface area contributed by atoms with E-state index in [1.54, 1.807) is 12.1 Å². The van der Waals surface area contributed by atoms with Crippen LogP contribution < -0.4 is 9.96 Å². The van der Waals surface area contributed by atoms with Crippen molar-refractivity contribution in [2.24, 2.45) is 0 Å². The molecule has 0 saturated carbocycles. The molecular weight excluding hydrogens is 336 g/mol. The molecule has 138 valence electrons. The normalized spacial score (nSPS) is 22.1. The predicted octanol–water partition coefficient (Wildman–Crippen LogP) is 5.53. The Morgan fingerprint density at radius 3 is 2.52 bits per heavy atom. The van der Waals surface area contributed by atoms with E-state index in [4.69, 9.17) is 0 Å². The minimum absolute atomic E-state index is 0.149. The van der Waals surface area contributed by atoms with Crippen molar-refractivity contribution in [2.75, 3.05) is 11.9 Å². The summed E-state index contributed by atoms with van der Waals surface area (Å²) in [6.45, 7) is 0.568. The molecule has 0 aromatic heterocycles. The number of rotatable bonds is 3. The standard InChI is InChI=1S/C23H24N2O2/c26-23(19-10-2-1-3-11-19)24-20-13-15-21(16-14-20)25(27)17-7-6-9-18-8-4-5-12-22(18)25/h1-3,5,10-16H,4,6-9,17H2,(H,24,26). The number of anilines is 1. The molecule has 1 amide bonds. The number of quaternary nitrogens is 1. The number of nitrogens with one attached hydrogen (secondary N) is 1. The first kappa shape index (κ1) is 17.7. The largest absolute Gasteiger partial charge is 0.622 e. The Bertz CT molecular complexity index is 884. The maximum atomic E-state index is 13.8. The number of amides is 1. The predicted molar refractivity (Wildman–Crippen MR) is 110 cm³/mol. The van der Waals surface area contributed by atoms with Crippen molar-refractivity contribution in [3.05, 3.63) is 88.8 Å². The Balaban J connectivity index is 1.58. The van der Waals surface area contributed by atoms with Gasteiger partial charge in [-0.25, -0.2) is 0 Å². The zero-order valence-corrected chi connectivity index (χ0v) is 15.4. The highest BCUT2D eigenvalue weighted by Gasteiger charge is 2.30. The fourth-order valence-electron chi connectivity index (χ4n) is 3.97. The molecule has 1 unspecified atom stereocenters. The number of hydroxylamine groups is 2. The summed E-state index contributed by atoms with van der Waals surface area (Å²) in [6.07, 6.45) is 9.22. The minimum atomic E-state index is -0.390. The van der Waals surface area contributed by atoms with E-state index in [0.717, 1.165) is 43.5 Å². The number of hydrogen-bond donors (Lipinski definition) is 1. The van der Waals surface area contributed by atoms with E-state index in [2.05, 4.69) is 11.4 Å². The van der Waals surface area contributed by atoms with Crippen LogP contribution in [-0.2, 0) is 0 Å².